The Labute approximate surface area is 142 Å². The van der Waals surface area contributed by atoms with Crippen molar-refractivity contribution >= 4 is 6.03 Å². The van der Waals surface area contributed by atoms with E-state index in [1.807, 2.05) is 30.0 Å². The lowest BCUT2D eigenvalue weighted by molar-refractivity contribution is -0.125. The Kier molecular flexibility index (Phi) is 5.03. The highest BCUT2D eigenvalue weighted by Gasteiger charge is 2.46. The monoisotopic (exact) mass is 329 g/mol. The number of nitrogens with one attached hydrogen (secondary N) is 1. The van der Waals surface area contributed by atoms with Crippen molar-refractivity contribution in [3.63, 3.8) is 0 Å². The summed E-state index contributed by atoms with van der Waals surface area (Å²) in [5, 5.41) is 11.9. The molecule has 2 aliphatic heterocycles. The second-order valence-electron chi connectivity index (χ2n) is 6.39. The lowest BCUT2D eigenvalue weighted by atomic mass is 9.94. The number of nitriles is 1. The van der Waals surface area contributed by atoms with Gasteiger partial charge in [-0.15, -0.1) is 0 Å². The summed E-state index contributed by atoms with van der Waals surface area (Å²) in [6.45, 7) is 4.96. The largest absolute Gasteiger partial charge is 0.375 e. The fourth-order valence-corrected chi connectivity index (χ4v) is 3.36. The molecule has 0 unspecified atom stereocenters. The molecule has 2 saturated heterocycles. The Morgan fingerprint density at radius 2 is 2.38 bits per heavy atom. The second kappa shape index (κ2) is 7.20. The van der Waals surface area contributed by atoms with Gasteiger partial charge in [-0.1, -0.05) is 12.1 Å². The predicted molar refractivity (Wildman–Crippen MR) is 88.5 cm³/mol. The van der Waals surface area contributed by atoms with Crippen LogP contribution in [0.15, 0.2) is 24.3 Å². The van der Waals surface area contributed by atoms with Gasteiger partial charge in [0.15, 0.2) is 0 Å². The second-order valence-corrected chi connectivity index (χ2v) is 6.39. The number of nitrogens with zero attached hydrogens (tertiary/aromatic N) is 2. The van der Waals surface area contributed by atoms with E-state index >= 15 is 0 Å². The van der Waals surface area contributed by atoms with Gasteiger partial charge in [0.1, 0.15) is 5.60 Å². The third-order valence-electron chi connectivity index (χ3n) is 4.88. The molecule has 1 N–H and O–H groups in total. The molecule has 1 aromatic rings. The standard InChI is InChI=1S/C18H23N3O3/c1-14-18(6-9-23-14)13-21(8-10-24-18)17(22)20-7-5-15-3-2-4-16(11-15)12-19/h2-4,11,14H,5-10,13H2,1H3,(H,20,22)/t14-,18+/m1/s1. The van der Waals surface area contributed by atoms with Gasteiger partial charge < -0.3 is 19.7 Å². The first-order chi connectivity index (χ1) is 11.6. The van der Waals surface area contributed by atoms with Crippen molar-refractivity contribution in [1.82, 2.24) is 10.2 Å². The topological polar surface area (TPSA) is 74.6 Å². The number of hydrogen-bond acceptors (Lipinski definition) is 4. The lowest BCUT2D eigenvalue weighted by Gasteiger charge is -2.41. The number of urea groups is 1. The van der Waals surface area contributed by atoms with Crippen LogP contribution in [0.4, 0.5) is 4.79 Å². The van der Waals surface area contributed by atoms with Gasteiger partial charge in [-0.3, -0.25) is 0 Å². The van der Waals surface area contributed by atoms with Crippen LogP contribution >= 0.6 is 0 Å². The molecule has 0 aliphatic carbocycles. The van der Waals surface area contributed by atoms with Crippen LogP contribution in [0.3, 0.4) is 0 Å². The normalized spacial score (nSPS) is 26.3. The van der Waals surface area contributed by atoms with E-state index in [1.165, 1.54) is 0 Å². The first-order valence-electron chi connectivity index (χ1n) is 8.40. The van der Waals surface area contributed by atoms with E-state index in [4.69, 9.17) is 14.7 Å². The maximum absolute atomic E-state index is 12.4. The molecule has 0 bridgehead atoms. The maximum atomic E-state index is 12.4. The van der Waals surface area contributed by atoms with Gasteiger partial charge >= 0.3 is 6.03 Å². The van der Waals surface area contributed by atoms with Crippen molar-refractivity contribution in [2.75, 3.05) is 32.8 Å². The molecule has 6 heteroatoms. The number of benzene rings is 1. The van der Waals surface area contributed by atoms with Crippen molar-refractivity contribution in [3.05, 3.63) is 35.4 Å². The molecule has 2 atom stereocenters. The quantitative estimate of drug-likeness (QED) is 0.916. The van der Waals surface area contributed by atoms with Crippen LogP contribution in [0.5, 0.6) is 0 Å². The molecule has 0 saturated carbocycles. The number of ether oxygens (including phenoxy) is 2. The smallest absolute Gasteiger partial charge is 0.317 e. The minimum absolute atomic E-state index is 0.0156. The highest BCUT2D eigenvalue weighted by Crippen LogP contribution is 2.32. The molecule has 1 aromatic carbocycles. The van der Waals surface area contributed by atoms with Crippen LogP contribution in [0.2, 0.25) is 0 Å². The summed E-state index contributed by atoms with van der Waals surface area (Å²) in [7, 11) is 0. The lowest BCUT2D eigenvalue weighted by Crippen LogP contribution is -2.58. The molecular formula is C18H23N3O3. The average molecular weight is 329 g/mol. The van der Waals surface area contributed by atoms with Crippen molar-refractivity contribution in [2.24, 2.45) is 0 Å². The van der Waals surface area contributed by atoms with Crippen LogP contribution in [-0.4, -0.2) is 55.5 Å². The van der Waals surface area contributed by atoms with E-state index < -0.39 is 0 Å². The van der Waals surface area contributed by atoms with Gasteiger partial charge in [0, 0.05) is 26.1 Å². The molecule has 1 spiro atoms. The number of amides is 2. The molecule has 6 nitrogen and oxygen atoms in total. The fraction of sp³-hybridized carbons (Fsp3) is 0.556. The Bertz CT molecular complexity index is 643. The highest BCUT2D eigenvalue weighted by molar-refractivity contribution is 5.74. The van der Waals surface area contributed by atoms with Crippen molar-refractivity contribution in [2.45, 2.75) is 31.5 Å². The fourth-order valence-electron chi connectivity index (χ4n) is 3.36. The van der Waals surface area contributed by atoms with Crippen molar-refractivity contribution in [3.8, 4) is 6.07 Å². The minimum atomic E-state index is -0.350. The van der Waals surface area contributed by atoms with E-state index in [1.54, 1.807) is 6.07 Å². The zero-order valence-electron chi connectivity index (χ0n) is 14.0. The summed E-state index contributed by atoms with van der Waals surface area (Å²) < 4.78 is 11.6. The number of carbonyl (C=O) groups is 1. The number of rotatable bonds is 3. The molecule has 128 valence electrons. The van der Waals surface area contributed by atoms with Crippen molar-refractivity contribution in [1.29, 1.82) is 5.26 Å². The van der Waals surface area contributed by atoms with E-state index in [0.29, 0.717) is 44.8 Å². The first kappa shape index (κ1) is 16.7. The van der Waals surface area contributed by atoms with Gasteiger partial charge in [-0.05, 0) is 31.0 Å². The summed E-state index contributed by atoms with van der Waals surface area (Å²) >= 11 is 0. The molecule has 3 rings (SSSR count). The van der Waals surface area contributed by atoms with Crippen LogP contribution in [0.25, 0.3) is 0 Å². The number of hydrogen-bond donors (Lipinski definition) is 1. The summed E-state index contributed by atoms with van der Waals surface area (Å²) in [4.78, 5) is 14.2. The van der Waals surface area contributed by atoms with E-state index in [-0.39, 0.29) is 17.7 Å². The van der Waals surface area contributed by atoms with Crippen LogP contribution in [-0.2, 0) is 15.9 Å². The van der Waals surface area contributed by atoms with Gasteiger partial charge in [0.2, 0.25) is 0 Å². The predicted octanol–water partition coefficient (Wildman–Crippen LogP) is 1.69. The Morgan fingerprint density at radius 1 is 1.50 bits per heavy atom. The van der Waals surface area contributed by atoms with Crippen LogP contribution < -0.4 is 5.32 Å². The average Bonchev–Trinajstić information content (AvgIpc) is 2.95. The first-order valence-corrected chi connectivity index (χ1v) is 8.40. The zero-order valence-corrected chi connectivity index (χ0v) is 14.0. The highest BCUT2D eigenvalue weighted by atomic mass is 16.6. The number of morpholine rings is 1. The van der Waals surface area contributed by atoms with Crippen molar-refractivity contribution < 1.29 is 14.3 Å². The molecule has 24 heavy (non-hydrogen) atoms. The molecule has 2 fully saturated rings. The van der Waals surface area contributed by atoms with Gasteiger partial charge in [-0.25, -0.2) is 4.79 Å². The molecule has 0 radical (unpaired) electrons. The minimum Gasteiger partial charge on any atom is -0.375 e. The SMILES string of the molecule is C[C@H]1OCC[C@]12CN(C(=O)NCCc1cccc(C#N)c1)CCO2. The molecule has 2 aliphatic rings. The Balaban J connectivity index is 1.51. The third-order valence-corrected chi connectivity index (χ3v) is 4.88. The van der Waals surface area contributed by atoms with E-state index in [2.05, 4.69) is 11.4 Å². The van der Waals surface area contributed by atoms with Gasteiger partial charge in [0.05, 0.1) is 30.9 Å². The van der Waals surface area contributed by atoms with E-state index in [9.17, 15) is 4.79 Å². The number of carbonyl (C=O) groups excluding carboxylic acids is 1. The molecular weight excluding hydrogens is 306 g/mol. The summed E-state index contributed by atoms with van der Waals surface area (Å²) in [5.74, 6) is 0. The van der Waals surface area contributed by atoms with Gasteiger partial charge in [0.25, 0.3) is 0 Å². The molecule has 0 aromatic heterocycles. The van der Waals surface area contributed by atoms with Crippen LogP contribution in [0.1, 0.15) is 24.5 Å². The zero-order chi connectivity index (χ0) is 17.0. The van der Waals surface area contributed by atoms with Gasteiger partial charge in [-0.2, -0.15) is 5.26 Å². The van der Waals surface area contributed by atoms with E-state index in [0.717, 1.165) is 12.0 Å². The summed E-state index contributed by atoms with van der Waals surface area (Å²) in [6, 6.07) is 9.53. The summed E-state index contributed by atoms with van der Waals surface area (Å²) in [5.41, 5.74) is 1.34. The Hall–Kier alpha value is -2.10. The van der Waals surface area contributed by atoms with Crippen LogP contribution in [0, 0.1) is 11.3 Å². The summed E-state index contributed by atoms with van der Waals surface area (Å²) in [6.07, 6.45) is 1.55. The Morgan fingerprint density at radius 3 is 3.12 bits per heavy atom. The molecule has 2 heterocycles. The molecule has 2 amide bonds. The third kappa shape index (κ3) is 3.53. The maximum Gasteiger partial charge on any atom is 0.317 e.